The number of carboxylic acid groups (broad SMARTS) is 2. The predicted octanol–water partition coefficient (Wildman–Crippen LogP) is 1.37. The third-order valence-electron chi connectivity index (χ3n) is 5.40. The summed E-state index contributed by atoms with van der Waals surface area (Å²) in [6, 6.07) is 3.16. The summed E-state index contributed by atoms with van der Waals surface area (Å²) in [5.41, 5.74) is 6.33. The summed E-state index contributed by atoms with van der Waals surface area (Å²) in [7, 11) is 0. The number of carbonyl (C=O) groups is 3. The zero-order chi connectivity index (χ0) is 22.1. The molecule has 0 radical (unpaired) electrons. The summed E-state index contributed by atoms with van der Waals surface area (Å²) in [5.74, 6) is -2.89. The second-order valence-electron chi connectivity index (χ2n) is 7.59. The lowest BCUT2D eigenvalue weighted by atomic mass is 10.0. The molecule has 1 aliphatic rings. The Morgan fingerprint density at radius 3 is 2.43 bits per heavy atom. The fraction of sp³-hybridized carbons (Fsp3) is 0.571. The van der Waals surface area contributed by atoms with E-state index in [1.54, 1.807) is 12.1 Å². The molecule has 1 fully saturated rings. The van der Waals surface area contributed by atoms with E-state index >= 15 is 0 Å². The average molecular weight is 423 g/mol. The van der Waals surface area contributed by atoms with Crippen molar-refractivity contribution in [1.29, 1.82) is 0 Å². The zero-order valence-electron chi connectivity index (χ0n) is 16.9. The highest BCUT2D eigenvalue weighted by molar-refractivity contribution is 5.88. The van der Waals surface area contributed by atoms with E-state index in [2.05, 4.69) is 5.32 Å². The molecule has 8 nitrogen and oxygen atoms in total. The highest BCUT2D eigenvalue weighted by Crippen LogP contribution is 2.20. The van der Waals surface area contributed by atoms with Gasteiger partial charge in [0.1, 0.15) is 17.9 Å². The van der Waals surface area contributed by atoms with Crippen molar-refractivity contribution in [3.63, 3.8) is 0 Å². The summed E-state index contributed by atoms with van der Waals surface area (Å²) in [5, 5.41) is 22.0. The minimum atomic E-state index is -1.09. The van der Waals surface area contributed by atoms with Crippen LogP contribution in [0.3, 0.4) is 0 Å². The fourth-order valence-electron chi connectivity index (χ4n) is 3.74. The van der Waals surface area contributed by atoms with Crippen molar-refractivity contribution in [1.82, 2.24) is 10.2 Å². The lowest BCUT2D eigenvalue weighted by Crippen LogP contribution is -2.54. The smallest absolute Gasteiger partial charge is 0.326 e. The Kier molecular flexibility index (Phi) is 9.19. The van der Waals surface area contributed by atoms with Crippen molar-refractivity contribution < 1.29 is 29.0 Å². The first-order valence-electron chi connectivity index (χ1n) is 10.3. The van der Waals surface area contributed by atoms with Crippen LogP contribution in [-0.2, 0) is 20.8 Å². The molecule has 0 aliphatic carbocycles. The number of hydrogen-bond acceptors (Lipinski definition) is 5. The quantitative estimate of drug-likeness (QED) is 0.373. The molecule has 0 unspecified atom stereocenters. The Hall–Kier alpha value is -2.52. The number of hydrogen-bond donors (Lipinski definition) is 4. The van der Waals surface area contributed by atoms with E-state index in [1.807, 2.05) is 0 Å². The van der Waals surface area contributed by atoms with Crippen LogP contribution < -0.4 is 11.1 Å². The van der Waals surface area contributed by atoms with E-state index in [0.29, 0.717) is 51.6 Å². The Bertz CT molecular complexity index is 728. The van der Waals surface area contributed by atoms with Gasteiger partial charge in [-0.25, -0.2) is 9.18 Å². The van der Waals surface area contributed by atoms with E-state index in [9.17, 15) is 29.0 Å². The fourth-order valence-corrected chi connectivity index (χ4v) is 3.74. The van der Waals surface area contributed by atoms with Crippen molar-refractivity contribution >= 4 is 17.8 Å². The number of amides is 1. The van der Waals surface area contributed by atoms with E-state index in [4.69, 9.17) is 5.73 Å². The molecule has 2 rings (SSSR count). The largest absolute Gasteiger partial charge is 0.480 e. The Morgan fingerprint density at radius 2 is 1.83 bits per heavy atom. The molecule has 5 N–H and O–H groups in total. The average Bonchev–Trinajstić information content (AvgIpc) is 3.20. The van der Waals surface area contributed by atoms with Gasteiger partial charge in [-0.15, -0.1) is 0 Å². The Balaban J connectivity index is 2.08. The van der Waals surface area contributed by atoms with Crippen molar-refractivity contribution in [2.75, 3.05) is 13.1 Å². The highest BCUT2D eigenvalue weighted by Gasteiger charge is 2.38. The first-order valence-corrected chi connectivity index (χ1v) is 10.3. The van der Waals surface area contributed by atoms with E-state index in [-0.39, 0.29) is 18.1 Å². The summed E-state index contributed by atoms with van der Waals surface area (Å²) in [6.45, 7) is 0.799. The molecule has 9 heteroatoms. The molecule has 1 aliphatic heterocycles. The molecule has 166 valence electrons. The molecule has 0 spiro atoms. The van der Waals surface area contributed by atoms with Gasteiger partial charge < -0.3 is 20.8 Å². The number of likely N-dealkylation sites (tertiary alicyclic amines) is 1. The van der Waals surface area contributed by atoms with Gasteiger partial charge in [0.2, 0.25) is 5.91 Å². The summed E-state index contributed by atoms with van der Waals surface area (Å²) < 4.78 is 13.1. The number of benzene rings is 1. The number of carboxylic acids is 2. The van der Waals surface area contributed by atoms with E-state index < -0.39 is 30.1 Å². The van der Waals surface area contributed by atoms with Gasteiger partial charge in [-0.3, -0.25) is 14.9 Å². The maximum atomic E-state index is 13.1. The Labute approximate surface area is 175 Å². The number of halogens is 1. The van der Waals surface area contributed by atoms with Crippen LogP contribution in [0.2, 0.25) is 0 Å². The summed E-state index contributed by atoms with van der Waals surface area (Å²) in [6.07, 6.45) is 3.28. The topological polar surface area (TPSA) is 133 Å². The van der Waals surface area contributed by atoms with Gasteiger partial charge >= 0.3 is 11.9 Å². The maximum absolute atomic E-state index is 13.1. The van der Waals surface area contributed by atoms with Crippen LogP contribution in [-0.4, -0.2) is 64.2 Å². The molecular weight excluding hydrogens is 393 g/mol. The number of aryl methyl sites for hydroxylation is 1. The standard InChI is InChI=1S/C21H30FN3O5/c22-15-9-6-14(7-10-15)8-11-17(20(27)28)24-16(4-1-2-12-23)19(26)25-13-3-5-18(25)21(29)30/h6-7,9-10,16-18,24H,1-5,8,11-13,23H2,(H,27,28)(H,29,30)/t16-,17-,18-/m0/s1. The van der Waals surface area contributed by atoms with E-state index in [0.717, 1.165) is 5.56 Å². The lowest BCUT2D eigenvalue weighted by Gasteiger charge is -2.29. The number of rotatable bonds is 12. The lowest BCUT2D eigenvalue weighted by molar-refractivity contribution is -0.149. The highest BCUT2D eigenvalue weighted by atomic mass is 19.1. The number of aliphatic carboxylic acids is 2. The molecular formula is C21H30FN3O5. The second-order valence-corrected chi connectivity index (χ2v) is 7.59. The number of nitrogens with zero attached hydrogens (tertiary/aromatic N) is 1. The van der Waals surface area contributed by atoms with Gasteiger partial charge in [0.05, 0.1) is 6.04 Å². The number of carbonyl (C=O) groups excluding carboxylic acids is 1. The van der Waals surface area contributed by atoms with Crippen molar-refractivity contribution in [2.45, 2.75) is 63.1 Å². The van der Waals surface area contributed by atoms with Gasteiger partial charge in [0, 0.05) is 6.54 Å². The number of nitrogens with two attached hydrogens (primary N) is 1. The van der Waals surface area contributed by atoms with Crippen LogP contribution >= 0.6 is 0 Å². The van der Waals surface area contributed by atoms with Crippen LogP contribution in [0, 0.1) is 5.82 Å². The number of unbranched alkanes of at least 4 members (excludes halogenated alkanes) is 1. The number of nitrogens with one attached hydrogen (secondary N) is 1. The van der Waals surface area contributed by atoms with Crippen molar-refractivity contribution in [3.05, 3.63) is 35.6 Å². The molecule has 1 heterocycles. The minimum absolute atomic E-state index is 0.212. The molecule has 1 saturated heterocycles. The predicted molar refractivity (Wildman–Crippen MR) is 108 cm³/mol. The van der Waals surface area contributed by atoms with Crippen LogP contribution in [0.15, 0.2) is 24.3 Å². The van der Waals surface area contributed by atoms with Gasteiger partial charge in [-0.05, 0) is 62.8 Å². The first-order chi connectivity index (χ1) is 14.3. The normalized spacial score (nSPS) is 18.2. The Morgan fingerprint density at radius 1 is 1.13 bits per heavy atom. The molecule has 30 heavy (non-hydrogen) atoms. The van der Waals surface area contributed by atoms with Crippen LogP contribution in [0.5, 0.6) is 0 Å². The van der Waals surface area contributed by atoms with Crippen LogP contribution in [0.1, 0.15) is 44.1 Å². The van der Waals surface area contributed by atoms with Crippen molar-refractivity contribution in [3.8, 4) is 0 Å². The molecule has 0 saturated carbocycles. The summed E-state index contributed by atoms with van der Waals surface area (Å²) >= 11 is 0. The molecule has 1 aromatic rings. The van der Waals surface area contributed by atoms with Gasteiger partial charge in [0.15, 0.2) is 0 Å². The van der Waals surface area contributed by atoms with Gasteiger partial charge in [0.25, 0.3) is 0 Å². The van der Waals surface area contributed by atoms with Crippen LogP contribution in [0.4, 0.5) is 4.39 Å². The summed E-state index contributed by atoms with van der Waals surface area (Å²) in [4.78, 5) is 37.7. The van der Waals surface area contributed by atoms with Gasteiger partial charge in [-0.2, -0.15) is 0 Å². The molecule has 1 amide bonds. The third-order valence-corrected chi connectivity index (χ3v) is 5.40. The molecule has 1 aromatic carbocycles. The SMILES string of the molecule is NCCCC[C@H](N[C@@H](CCc1ccc(F)cc1)C(=O)O)C(=O)N1CCC[C@H]1C(=O)O. The van der Waals surface area contributed by atoms with Gasteiger partial charge in [-0.1, -0.05) is 18.6 Å². The molecule has 3 atom stereocenters. The second kappa shape index (κ2) is 11.6. The monoisotopic (exact) mass is 423 g/mol. The maximum Gasteiger partial charge on any atom is 0.326 e. The molecule has 0 bridgehead atoms. The molecule has 0 aromatic heterocycles. The van der Waals surface area contributed by atoms with E-state index in [1.165, 1.54) is 17.0 Å². The zero-order valence-corrected chi connectivity index (χ0v) is 16.9. The van der Waals surface area contributed by atoms with Crippen molar-refractivity contribution in [2.24, 2.45) is 5.73 Å². The minimum Gasteiger partial charge on any atom is -0.480 e. The van der Waals surface area contributed by atoms with Crippen LogP contribution in [0.25, 0.3) is 0 Å². The third kappa shape index (κ3) is 6.77. The first kappa shape index (κ1) is 23.8.